The lowest BCUT2D eigenvalue weighted by atomic mass is 10.0. The molecule has 0 aliphatic rings. The Labute approximate surface area is 108 Å². The average Bonchev–Trinajstić information content (AvgIpc) is 2.42. The lowest BCUT2D eigenvalue weighted by Crippen LogP contribution is -2.14. The van der Waals surface area contributed by atoms with Crippen molar-refractivity contribution in [2.75, 3.05) is 20.3 Å². The summed E-state index contributed by atoms with van der Waals surface area (Å²) in [6.45, 7) is 4.59. The first kappa shape index (κ1) is 14.5. The Bertz CT molecular complexity index is 407. The zero-order valence-electron chi connectivity index (χ0n) is 11.2. The molecule has 0 aliphatic heterocycles. The van der Waals surface area contributed by atoms with E-state index in [1.54, 1.807) is 7.11 Å². The summed E-state index contributed by atoms with van der Waals surface area (Å²) < 4.78 is 10.3. The summed E-state index contributed by atoms with van der Waals surface area (Å²) in [5, 5.41) is 0. The number of methoxy groups -OCH3 is 1. The van der Waals surface area contributed by atoms with Crippen LogP contribution in [0.4, 0.5) is 0 Å². The van der Waals surface area contributed by atoms with Crippen molar-refractivity contribution in [3.8, 4) is 0 Å². The van der Waals surface area contributed by atoms with Crippen molar-refractivity contribution in [2.24, 2.45) is 0 Å². The first-order chi connectivity index (χ1) is 8.70. The number of benzene rings is 1. The number of carbonyl (C=O) groups is 1. The fourth-order valence-electron chi connectivity index (χ4n) is 1.61. The van der Waals surface area contributed by atoms with Crippen molar-refractivity contribution in [3.63, 3.8) is 0 Å². The summed E-state index contributed by atoms with van der Waals surface area (Å²) in [5.41, 5.74) is 2.49. The van der Waals surface area contributed by atoms with Crippen LogP contribution in [-0.2, 0) is 14.3 Å². The Morgan fingerprint density at radius 2 is 1.89 bits per heavy atom. The number of ether oxygens (including phenoxy) is 2. The van der Waals surface area contributed by atoms with Crippen LogP contribution in [0.25, 0.3) is 5.57 Å². The minimum absolute atomic E-state index is 0.267. The van der Waals surface area contributed by atoms with E-state index in [-0.39, 0.29) is 12.6 Å². The van der Waals surface area contributed by atoms with Crippen molar-refractivity contribution in [1.82, 2.24) is 0 Å². The molecule has 0 heterocycles. The molecule has 98 valence electrons. The quantitative estimate of drug-likeness (QED) is 0.573. The van der Waals surface area contributed by atoms with Crippen LogP contribution in [0, 0.1) is 0 Å². The topological polar surface area (TPSA) is 35.5 Å². The molecule has 0 fully saturated rings. The van der Waals surface area contributed by atoms with Crippen molar-refractivity contribution < 1.29 is 14.3 Å². The van der Waals surface area contributed by atoms with Crippen molar-refractivity contribution in [2.45, 2.75) is 20.3 Å². The van der Waals surface area contributed by atoms with Gasteiger partial charge < -0.3 is 9.47 Å². The molecule has 0 saturated carbocycles. The highest BCUT2D eigenvalue weighted by molar-refractivity contribution is 5.97. The second-order valence-electron chi connectivity index (χ2n) is 4.04. The SMILES string of the molecule is CCCOC(=O)C(COC)=C(C)c1ccccc1. The molecule has 0 aliphatic carbocycles. The van der Waals surface area contributed by atoms with Crippen LogP contribution in [0.1, 0.15) is 25.8 Å². The maximum atomic E-state index is 11.9. The van der Waals surface area contributed by atoms with Gasteiger partial charge in [0.05, 0.1) is 18.8 Å². The van der Waals surface area contributed by atoms with Crippen LogP contribution in [0.15, 0.2) is 35.9 Å². The summed E-state index contributed by atoms with van der Waals surface area (Å²) in [6.07, 6.45) is 0.816. The first-order valence-corrected chi connectivity index (χ1v) is 6.12. The van der Waals surface area contributed by atoms with E-state index in [0.717, 1.165) is 17.6 Å². The van der Waals surface area contributed by atoms with E-state index < -0.39 is 0 Å². The smallest absolute Gasteiger partial charge is 0.336 e. The monoisotopic (exact) mass is 248 g/mol. The van der Waals surface area contributed by atoms with Gasteiger partial charge in [-0.1, -0.05) is 37.3 Å². The Hall–Kier alpha value is -1.61. The Morgan fingerprint density at radius 3 is 2.44 bits per heavy atom. The fourth-order valence-corrected chi connectivity index (χ4v) is 1.61. The molecular formula is C15H20O3. The molecule has 3 heteroatoms. The van der Waals surface area contributed by atoms with Crippen LogP contribution in [0.2, 0.25) is 0 Å². The van der Waals surface area contributed by atoms with Crippen molar-refractivity contribution in [1.29, 1.82) is 0 Å². The van der Waals surface area contributed by atoms with Crippen LogP contribution >= 0.6 is 0 Å². The van der Waals surface area contributed by atoms with Gasteiger partial charge in [-0.05, 0) is 24.5 Å². The van der Waals surface area contributed by atoms with E-state index in [2.05, 4.69) is 0 Å². The van der Waals surface area contributed by atoms with Crippen LogP contribution in [-0.4, -0.2) is 26.3 Å². The summed E-state index contributed by atoms with van der Waals surface area (Å²) in [4.78, 5) is 11.9. The number of allylic oxidation sites excluding steroid dienone is 1. The molecule has 0 aromatic heterocycles. The number of hydrogen-bond acceptors (Lipinski definition) is 3. The lowest BCUT2D eigenvalue weighted by molar-refractivity contribution is -0.139. The summed E-state index contributed by atoms with van der Waals surface area (Å²) in [7, 11) is 1.57. The molecule has 0 spiro atoms. The average molecular weight is 248 g/mol. The molecule has 3 nitrogen and oxygen atoms in total. The molecule has 1 aromatic carbocycles. The van der Waals surface area contributed by atoms with E-state index in [0.29, 0.717) is 12.2 Å². The van der Waals surface area contributed by atoms with Gasteiger partial charge >= 0.3 is 5.97 Å². The summed E-state index contributed by atoms with van der Waals surface area (Å²) >= 11 is 0. The normalized spacial score (nSPS) is 11.9. The van der Waals surface area contributed by atoms with Gasteiger partial charge in [0.15, 0.2) is 0 Å². The Balaban J connectivity index is 2.98. The van der Waals surface area contributed by atoms with Gasteiger partial charge in [0.25, 0.3) is 0 Å². The molecular weight excluding hydrogens is 228 g/mol. The van der Waals surface area contributed by atoms with E-state index in [4.69, 9.17) is 9.47 Å². The molecule has 1 rings (SSSR count). The number of hydrogen-bond donors (Lipinski definition) is 0. The van der Waals surface area contributed by atoms with Crippen LogP contribution in [0.5, 0.6) is 0 Å². The largest absolute Gasteiger partial charge is 0.462 e. The van der Waals surface area contributed by atoms with Gasteiger partial charge in [0.2, 0.25) is 0 Å². The van der Waals surface area contributed by atoms with Gasteiger partial charge in [0.1, 0.15) is 0 Å². The van der Waals surface area contributed by atoms with E-state index >= 15 is 0 Å². The molecule has 18 heavy (non-hydrogen) atoms. The van der Waals surface area contributed by atoms with Gasteiger partial charge in [0, 0.05) is 7.11 Å². The van der Waals surface area contributed by atoms with E-state index in [1.165, 1.54) is 0 Å². The van der Waals surface area contributed by atoms with Crippen molar-refractivity contribution >= 4 is 11.5 Å². The maximum Gasteiger partial charge on any atom is 0.336 e. The fraction of sp³-hybridized carbons (Fsp3) is 0.400. The second-order valence-corrected chi connectivity index (χ2v) is 4.04. The standard InChI is InChI=1S/C15H20O3/c1-4-10-18-15(16)14(11-17-3)12(2)13-8-6-5-7-9-13/h5-9H,4,10-11H2,1-3H3. The lowest BCUT2D eigenvalue weighted by Gasteiger charge is -2.11. The highest BCUT2D eigenvalue weighted by atomic mass is 16.5. The van der Waals surface area contributed by atoms with Gasteiger partial charge in [-0.25, -0.2) is 4.79 Å². The Kier molecular flexibility index (Phi) is 6.15. The number of rotatable bonds is 6. The molecule has 0 atom stereocenters. The first-order valence-electron chi connectivity index (χ1n) is 6.12. The highest BCUT2D eigenvalue weighted by Crippen LogP contribution is 2.19. The highest BCUT2D eigenvalue weighted by Gasteiger charge is 2.15. The second kappa shape index (κ2) is 7.67. The van der Waals surface area contributed by atoms with E-state index in [9.17, 15) is 4.79 Å². The third-order valence-electron chi connectivity index (χ3n) is 2.63. The molecule has 0 unspecified atom stereocenters. The van der Waals surface area contributed by atoms with Gasteiger partial charge in [-0.15, -0.1) is 0 Å². The van der Waals surface area contributed by atoms with Crippen LogP contribution < -0.4 is 0 Å². The number of esters is 1. The third kappa shape index (κ3) is 4.00. The summed E-state index contributed by atoms with van der Waals surface area (Å²) in [5.74, 6) is -0.292. The van der Waals surface area contributed by atoms with Gasteiger partial charge in [-0.2, -0.15) is 0 Å². The zero-order chi connectivity index (χ0) is 13.4. The molecule has 0 bridgehead atoms. The van der Waals surface area contributed by atoms with Gasteiger partial charge in [-0.3, -0.25) is 0 Å². The summed E-state index contributed by atoms with van der Waals surface area (Å²) in [6, 6.07) is 9.78. The molecule has 0 amide bonds. The zero-order valence-corrected chi connectivity index (χ0v) is 11.2. The Morgan fingerprint density at radius 1 is 1.22 bits per heavy atom. The maximum absolute atomic E-state index is 11.9. The van der Waals surface area contributed by atoms with Crippen LogP contribution in [0.3, 0.4) is 0 Å². The molecule has 0 radical (unpaired) electrons. The van der Waals surface area contributed by atoms with Crippen molar-refractivity contribution in [3.05, 3.63) is 41.5 Å². The number of carbonyl (C=O) groups excluding carboxylic acids is 1. The van der Waals surface area contributed by atoms with E-state index in [1.807, 2.05) is 44.2 Å². The molecule has 0 N–H and O–H groups in total. The molecule has 0 saturated heterocycles. The third-order valence-corrected chi connectivity index (χ3v) is 2.63. The predicted molar refractivity (Wildman–Crippen MR) is 72.2 cm³/mol. The predicted octanol–water partition coefficient (Wildman–Crippen LogP) is 3.06. The minimum Gasteiger partial charge on any atom is -0.462 e. The molecule has 1 aromatic rings. The minimum atomic E-state index is -0.292.